The molecule has 3 amide bonds. The monoisotopic (exact) mass is 830 g/mol. The number of nitrogens with one attached hydrogen (secondary N) is 4. The van der Waals surface area contributed by atoms with E-state index in [9.17, 15) is 28.8 Å². The summed E-state index contributed by atoms with van der Waals surface area (Å²) in [7, 11) is 1.41. The minimum atomic E-state index is -1.43. The lowest BCUT2D eigenvalue weighted by atomic mass is 9.94. The first-order chi connectivity index (χ1) is 28.4. The number of methoxy groups -OCH3 is 1. The average Bonchev–Trinajstić information content (AvgIpc) is 4.03. The Hall–Kier alpha value is -6.82. The molecule has 0 bridgehead atoms. The van der Waals surface area contributed by atoms with E-state index in [-0.39, 0.29) is 56.8 Å². The molecule has 1 aliphatic carbocycles. The third kappa shape index (κ3) is 12.8. The molecule has 3 atom stereocenters. The van der Waals surface area contributed by atoms with E-state index in [1.807, 2.05) is 0 Å². The van der Waals surface area contributed by atoms with Crippen molar-refractivity contribution in [1.29, 1.82) is 5.41 Å². The Morgan fingerprint density at radius 2 is 1.53 bits per heavy atom. The summed E-state index contributed by atoms with van der Waals surface area (Å²) < 4.78 is 31.1. The summed E-state index contributed by atoms with van der Waals surface area (Å²) in [5, 5.41) is 16.2. The van der Waals surface area contributed by atoms with E-state index in [2.05, 4.69) is 27.5 Å². The molecule has 1 heterocycles. The number of nitrogens with two attached hydrogens (primary N) is 1. The molecular weight excluding hydrogens is 780 g/mol. The number of anilines is 1. The quantitative estimate of drug-likeness (QED) is 0.0355. The van der Waals surface area contributed by atoms with Gasteiger partial charge >= 0.3 is 24.2 Å². The summed E-state index contributed by atoms with van der Waals surface area (Å²) in [6, 6.07) is 10.8. The van der Waals surface area contributed by atoms with Gasteiger partial charge in [0.15, 0.2) is 5.69 Å². The van der Waals surface area contributed by atoms with Crippen molar-refractivity contribution in [2.45, 2.75) is 79.1 Å². The summed E-state index contributed by atoms with van der Waals surface area (Å²) in [6.45, 7) is 13.6. The summed E-state index contributed by atoms with van der Waals surface area (Å²) in [5.41, 5.74) is 6.50. The second kappa shape index (κ2) is 20.7. The van der Waals surface area contributed by atoms with Crippen LogP contribution in [0.5, 0.6) is 5.75 Å². The van der Waals surface area contributed by atoms with E-state index in [4.69, 9.17) is 39.6 Å². The maximum Gasteiger partial charge on any atom is 0.511 e. The second-order valence-electron chi connectivity index (χ2n) is 14.3. The number of amides is 3. The number of pyridine rings is 1. The van der Waals surface area contributed by atoms with Crippen molar-refractivity contribution in [1.82, 2.24) is 15.6 Å². The predicted molar refractivity (Wildman–Crippen MR) is 218 cm³/mol. The smallest absolute Gasteiger partial charge is 0.496 e. The van der Waals surface area contributed by atoms with Crippen molar-refractivity contribution in [2.75, 3.05) is 19.0 Å². The van der Waals surface area contributed by atoms with Gasteiger partial charge in [-0.05, 0) is 87.1 Å². The fraction of sp³-hybridized carbons (Fsp3) is 0.381. The molecule has 18 nitrogen and oxygen atoms in total. The normalized spacial score (nSPS) is 13.5. The molecule has 3 aromatic rings. The summed E-state index contributed by atoms with van der Waals surface area (Å²) in [4.78, 5) is 81.9. The van der Waals surface area contributed by atoms with Crippen LogP contribution in [0.2, 0.25) is 0 Å². The van der Waals surface area contributed by atoms with Crippen LogP contribution >= 0.6 is 0 Å². The largest absolute Gasteiger partial charge is 0.511 e. The molecule has 1 aliphatic rings. The second-order valence-corrected chi connectivity index (χ2v) is 14.3. The van der Waals surface area contributed by atoms with Crippen LogP contribution in [-0.4, -0.2) is 85.2 Å². The number of amidine groups is 1. The van der Waals surface area contributed by atoms with Gasteiger partial charge in [0.2, 0.25) is 12.6 Å². The highest BCUT2D eigenvalue weighted by Gasteiger charge is 2.28. The molecule has 18 heteroatoms. The molecule has 320 valence electrons. The SMILES string of the molecule is C=Cc1cc(C(=O)Nc2ccc(C(=N)NC(=O)OC(C)OC(=O)[C@@H](N)C(C)C)cc2)c(-c2ccc(C(=O)NCC3CC3)nc2C(=O)OC(C)OC(=O)OC(C)C)cc1OC. The Kier molecular flexibility index (Phi) is 15.9. The van der Waals surface area contributed by atoms with Crippen LogP contribution in [0.3, 0.4) is 0 Å². The average molecular weight is 831 g/mol. The number of alkyl carbamates (subject to hydrolysis) is 1. The highest BCUT2D eigenvalue weighted by molar-refractivity contribution is 6.11. The molecule has 1 fully saturated rings. The molecule has 0 aliphatic heterocycles. The molecule has 0 spiro atoms. The van der Waals surface area contributed by atoms with Crippen LogP contribution < -0.4 is 26.4 Å². The maximum absolute atomic E-state index is 14.1. The van der Waals surface area contributed by atoms with E-state index in [1.54, 1.807) is 27.7 Å². The van der Waals surface area contributed by atoms with E-state index < -0.39 is 60.7 Å². The number of carbonyl (C=O) groups excluding carboxylic acids is 6. The predicted octanol–water partition coefficient (Wildman–Crippen LogP) is 5.78. The van der Waals surface area contributed by atoms with Crippen LogP contribution in [0, 0.1) is 17.2 Å². The topological polar surface area (TPSA) is 257 Å². The molecule has 0 radical (unpaired) electrons. The van der Waals surface area contributed by atoms with Gasteiger partial charge in [-0.3, -0.25) is 25.1 Å². The van der Waals surface area contributed by atoms with Gasteiger partial charge < -0.3 is 44.8 Å². The van der Waals surface area contributed by atoms with Crippen LogP contribution in [-0.2, 0) is 28.5 Å². The number of ether oxygens (including phenoxy) is 6. The summed E-state index contributed by atoms with van der Waals surface area (Å²) in [6.07, 6.45) is -1.88. The van der Waals surface area contributed by atoms with Crippen molar-refractivity contribution in [3.05, 3.63) is 83.2 Å². The molecule has 2 aromatic carbocycles. The van der Waals surface area contributed by atoms with Gasteiger partial charge in [-0.15, -0.1) is 0 Å². The summed E-state index contributed by atoms with van der Waals surface area (Å²) >= 11 is 0. The Morgan fingerprint density at radius 3 is 2.13 bits per heavy atom. The van der Waals surface area contributed by atoms with Gasteiger partial charge in [-0.2, -0.15) is 0 Å². The van der Waals surface area contributed by atoms with Crippen molar-refractivity contribution in [3.63, 3.8) is 0 Å². The lowest BCUT2D eigenvalue weighted by Gasteiger charge is -2.19. The Bertz CT molecular complexity index is 2120. The number of nitrogens with zero attached hydrogens (tertiary/aromatic N) is 1. The lowest BCUT2D eigenvalue weighted by Crippen LogP contribution is -2.40. The van der Waals surface area contributed by atoms with Gasteiger partial charge in [0.1, 0.15) is 23.3 Å². The molecule has 60 heavy (non-hydrogen) atoms. The minimum Gasteiger partial charge on any atom is -0.496 e. The molecule has 6 N–H and O–H groups in total. The molecule has 1 aromatic heterocycles. The van der Waals surface area contributed by atoms with Gasteiger partial charge in [-0.25, -0.2) is 19.4 Å². The third-order valence-corrected chi connectivity index (χ3v) is 8.77. The van der Waals surface area contributed by atoms with E-state index in [0.29, 0.717) is 18.0 Å². The Balaban J connectivity index is 1.60. The lowest BCUT2D eigenvalue weighted by molar-refractivity contribution is -0.167. The van der Waals surface area contributed by atoms with Crippen molar-refractivity contribution in [2.24, 2.45) is 17.6 Å². The first-order valence-corrected chi connectivity index (χ1v) is 19.1. The molecule has 2 unspecified atom stereocenters. The zero-order valence-electron chi connectivity index (χ0n) is 34.4. The highest BCUT2D eigenvalue weighted by atomic mass is 16.8. The number of hydrogen-bond donors (Lipinski definition) is 5. The zero-order valence-corrected chi connectivity index (χ0v) is 34.4. The molecular formula is C42H50N6O12. The van der Waals surface area contributed by atoms with Crippen LogP contribution in [0.4, 0.5) is 15.3 Å². The van der Waals surface area contributed by atoms with Crippen LogP contribution in [0.25, 0.3) is 17.2 Å². The Morgan fingerprint density at radius 1 is 0.867 bits per heavy atom. The minimum absolute atomic E-state index is 0.0303. The van der Waals surface area contributed by atoms with E-state index in [1.165, 1.54) is 75.6 Å². The zero-order chi connectivity index (χ0) is 44.3. The van der Waals surface area contributed by atoms with E-state index in [0.717, 1.165) is 12.8 Å². The fourth-order valence-electron chi connectivity index (χ4n) is 5.35. The molecule has 0 saturated heterocycles. The number of benzene rings is 2. The standard InChI is InChI=1S/C42H50N6O12/c1-9-26-18-31(37(49)46-28-14-12-27(13-15-28)36(44)48-41(53)59-23(6)57-39(51)34(43)21(2)3)30(19-33(26)55-8)29-16-17-32(38(50)45-20-25-10-11-25)47-35(29)40(52)58-24(7)60-42(54)56-22(4)5/h9,12-19,21-25,34H,1,10-11,20,43H2,2-8H3,(H,45,50)(H,46,49)(H2,44,48,53)/t23?,24?,34-/m0/s1. The van der Waals surface area contributed by atoms with Crippen molar-refractivity contribution < 1.29 is 57.2 Å². The van der Waals surface area contributed by atoms with Crippen molar-refractivity contribution in [3.8, 4) is 16.9 Å². The van der Waals surface area contributed by atoms with Crippen LogP contribution in [0.1, 0.15) is 96.8 Å². The number of rotatable bonds is 17. The first-order valence-electron chi connectivity index (χ1n) is 19.1. The third-order valence-electron chi connectivity index (χ3n) is 8.77. The number of carbonyl (C=O) groups is 6. The number of esters is 2. The van der Waals surface area contributed by atoms with Crippen LogP contribution in [0.15, 0.2) is 55.1 Å². The van der Waals surface area contributed by atoms with Gasteiger partial charge in [-0.1, -0.05) is 26.5 Å². The molecule has 4 rings (SSSR count). The van der Waals surface area contributed by atoms with Crippen molar-refractivity contribution >= 4 is 53.6 Å². The van der Waals surface area contributed by atoms with E-state index >= 15 is 0 Å². The fourth-order valence-corrected chi connectivity index (χ4v) is 5.35. The van der Waals surface area contributed by atoms with Gasteiger partial charge in [0, 0.05) is 53.9 Å². The maximum atomic E-state index is 14.1. The summed E-state index contributed by atoms with van der Waals surface area (Å²) in [5.74, 6) is -2.90. The Labute approximate surface area is 347 Å². The molecule has 1 saturated carbocycles. The first kappa shape index (κ1) is 45.9. The van der Waals surface area contributed by atoms with Gasteiger partial charge in [0.25, 0.3) is 11.8 Å². The highest BCUT2D eigenvalue weighted by Crippen LogP contribution is 2.35. The number of hydrogen-bond acceptors (Lipinski definition) is 15. The van der Waals surface area contributed by atoms with Gasteiger partial charge in [0.05, 0.1) is 13.2 Å². The number of aromatic nitrogens is 1.